The molecule has 2 fully saturated rings. The molecule has 0 aliphatic carbocycles. The van der Waals surface area contributed by atoms with E-state index in [4.69, 9.17) is 16.3 Å². The van der Waals surface area contributed by atoms with E-state index in [1.54, 1.807) is 25.1 Å². The molecule has 3 rings (SSSR count). The average Bonchev–Trinajstić information content (AvgIpc) is 2.96. The van der Waals surface area contributed by atoms with Gasteiger partial charge in [0.2, 0.25) is 5.91 Å². The van der Waals surface area contributed by atoms with E-state index in [1.165, 1.54) is 12.4 Å². The van der Waals surface area contributed by atoms with Crippen molar-refractivity contribution >= 4 is 23.4 Å². The first-order chi connectivity index (χ1) is 11.9. The van der Waals surface area contributed by atoms with Crippen molar-refractivity contribution in [2.24, 2.45) is 0 Å². The third kappa shape index (κ3) is 4.48. The molecule has 3 heterocycles. The number of hydrogen-bond donors (Lipinski definition) is 1. The normalized spacial score (nSPS) is 26.1. The lowest BCUT2D eigenvalue weighted by Crippen LogP contribution is -2.47. The zero-order chi connectivity index (χ0) is 18.0. The van der Waals surface area contributed by atoms with Crippen molar-refractivity contribution in [3.05, 3.63) is 29.0 Å². The first kappa shape index (κ1) is 18.1. The van der Waals surface area contributed by atoms with Crippen LogP contribution in [0.1, 0.15) is 23.2 Å². The summed E-state index contributed by atoms with van der Waals surface area (Å²) in [6.45, 7) is 2.08. The number of aromatic nitrogens is 1. The summed E-state index contributed by atoms with van der Waals surface area (Å²) in [5, 5.41) is 3.49. The predicted octanol–water partition coefficient (Wildman–Crippen LogP) is 0.785. The minimum atomic E-state index is -0.167. The maximum absolute atomic E-state index is 12.3. The van der Waals surface area contributed by atoms with Crippen LogP contribution in [0.2, 0.25) is 5.02 Å². The Morgan fingerprint density at radius 1 is 1.40 bits per heavy atom. The molecule has 1 aromatic heterocycles. The minimum absolute atomic E-state index is 0.0587. The molecule has 0 bridgehead atoms. The summed E-state index contributed by atoms with van der Waals surface area (Å²) in [6, 6.07) is 1.95. The molecule has 0 saturated carbocycles. The van der Waals surface area contributed by atoms with Gasteiger partial charge in [0.15, 0.2) is 0 Å². The Labute approximate surface area is 152 Å². The lowest BCUT2D eigenvalue weighted by atomic mass is 10.1. The van der Waals surface area contributed by atoms with Crippen molar-refractivity contribution in [2.45, 2.75) is 31.0 Å². The predicted molar refractivity (Wildman–Crippen MR) is 93.5 cm³/mol. The quantitative estimate of drug-likeness (QED) is 0.852. The number of carbonyl (C=O) groups excluding carboxylic acids is 2. The van der Waals surface area contributed by atoms with E-state index in [9.17, 15) is 9.59 Å². The number of nitrogens with zero attached hydrogens (tertiary/aromatic N) is 3. The van der Waals surface area contributed by atoms with E-state index in [-0.39, 0.29) is 30.0 Å². The highest BCUT2D eigenvalue weighted by molar-refractivity contribution is 6.30. The van der Waals surface area contributed by atoms with Crippen molar-refractivity contribution in [2.75, 3.05) is 33.8 Å². The van der Waals surface area contributed by atoms with E-state index in [0.29, 0.717) is 23.6 Å². The van der Waals surface area contributed by atoms with Crippen molar-refractivity contribution in [3.63, 3.8) is 0 Å². The second-order valence-electron chi connectivity index (χ2n) is 6.85. The number of rotatable bonds is 4. The van der Waals surface area contributed by atoms with Crippen molar-refractivity contribution in [1.29, 1.82) is 0 Å². The molecule has 2 aliphatic heterocycles. The Morgan fingerprint density at radius 3 is 2.92 bits per heavy atom. The van der Waals surface area contributed by atoms with Gasteiger partial charge in [0.1, 0.15) is 0 Å². The molecule has 136 valence electrons. The van der Waals surface area contributed by atoms with Gasteiger partial charge in [-0.3, -0.25) is 19.5 Å². The van der Waals surface area contributed by atoms with Crippen LogP contribution < -0.4 is 5.32 Å². The highest BCUT2D eigenvalue weighted by Crippen LogP contribution is 2.25. The molecule has 2 amide bonds. The highest BCUT2D eigenvalue weighted by Gasteiger charge is 2.38. The van der Waals surface area contributed by atoms with E-state index >= 15 is 0 Å². The van der Waals surface area contributed by atoms with Crippen LogP contribution in [0.4, 0.5) is 0 Å². The Morgan fingerprint density at radius 2 is 2.20 bits per heavy atom. The molecule has 25 heavy (non-hydrogen) atoms. The van der Waals surface area contributed by atoms with Gasteiger partial charge >= 0.3 is 0 Å². The van der Waals surface area contributed by atoms with Crippen LogP contribution in [0.15, 0.2) is 18.5 Å². The summed E-state index contributed by atoms with van der Waals surface area (Å²) in [6.07, 6.45) is 4.16. The second-order valence-corrected chi connectivity index (χ2v) is 7.29. The van der Waals surface area contributed by atoms with Crippen LogP contribution in [0.5, 0.6) is 0 Å². The fourth-order valence-corrected chi connectivity index (χ4v) is 3.53. The van der Waals surface area contributed by atoms with Gasteiger partial charge in [0.05, 0.1) is 29.7 Å². The number of nitrogens with one attached hydrogen (secondary N) is 1. The molecule has 3 atom stereocenters. The van der Waals surface area contributed by atoms with Gasteiger partial charge in [0, 0.05) is 51.7 Å². The Kier molecular flexibility index (Phi) is 5.56. The van der Waals surface area contributed by atoms with Crippen LogP contribution in [0, 0.1) is 0 Å². The number of morpholine rings is 1. The summed E-state index contributed by atoms with van der Waals surface area (Å²) >= 11 is 5.89. The first-order valence-corrected chi connectivity index (χ1v) is 8.77. The summed E-state index contributed by atoms with van der Waals surface area (Å²) < 4.78 is 5.84. The SMILES string of the molecule is CN(C)C(=O)C[C@H]1CN2C[C@H](NC(=O)c3cncc(Cl)c3)C[C@H]2CO1. The number of fused-ring (bicyclic) bond motifs is 1. The molecular weight excluding hydrogens is 344 g/mol. The van der Waals surface area contributed by atoms with Crippen molar-refractivity contribution < 1.29 is 14.3 Å². The fourth-order valence-electron chi connectivity index (χ4n) is 3.35. The maximum Gasteiger partial charge on any atom is 0.253 e. The molecule has 0 unspecified atom stereocenters. The lowest BCUT2D eigenvalue weighted by molar-refractivity contribution is -0.134. The summed E-state index contributed by atoms with van der Waals surface area (Å²) in [5.41, 5.74) is 0.461. The van der Waals surface area contributed by atoms with Crippen molar-refractivity contribution in [1.82, 2.24) is 20.1 Å². The van der Waals surface area contributed by atoms with E-state index in [0.717, 1.165) is 19.5 Å². The molecule has 0 spiro atoms. The first-order valence-electron chi connectivity index (χ1n) is 8.39. The average molecular weight is 367 g/mol. The van der Waals surface area contributed by atoms with Crippen molar-refractivity contribution in [3.8, 4) is 0 Å². The number of hydrogen-bond acceptors (Lipinski definition) is 5. The molecule has 7 nitrogen and oxygen atoms in total. The number of ether oxygens (including phenoxy) is 1. The zero-order valence-electron chi connectivity index (χ0n) is 14.4. The van der Waals surface area contributed by atoms with Gasteiger partial charge in [-0.05, 0) is 12.5 Å². The minimum Gasteiger partial charge on any atom is -0.375 e. The molecule has 2 aliphatic rings. The monoisotopic (exact) mass is 366 g/mol. The van der Waals surface area contributed by atoms with Gasteiger partial charge in [0.25, 0.3) is 5.91 Å². The highest BCUT2D eigenvalue weighted by atomic mass is 35.5. The van der Waals surface area contributed by atoms with Gasteiger partial charge in [-0.25, -0.2) is 0 Å². The van der Waals surface area contributed by atoms with Crippen LogP contribution >= 0.6 is 11.6 Å². The second kappa shape index (κ2) is 7.68. The van der Waals surface area contributed by atoms with Crippen LogP contribution in [-0.4, -0.2) is 78.6 Å². The Hall–Kier alpha value is -1.70. The Balaban J connectivity index is 1.53. The summed E-state index contributed by atoms with van der Waals surface area (Å²) in [5.74, 6) is -0.0962. The van der Waals surface area contributed by atoms with Gasteiger partial charge in [-0.2, -0.15) is 0 Å². The number of pyridine rings is 1. The Bertz CT molecular complexity index is 655. The molecular formula is C17H23ClN4O3. The molecule has 1 N–H and O–H groups in total. The topological polar surface area (TPSA) is 74.8 Å². The zero-order valence-corrected chi connectivity index (χ0v) is 15.2. The number of carbonyl (C=O) groups is 2. The molecule has 1 aromatic rings. The fraction of sp³-hybridized carbons (Fsp3) is 0.588. The molecule has 8 heteroatoms. The third-order valence-electron chi connectivity index (χ3n) is 4.69. The van der Waals surface area contributed by atoms with Gasteiger partial charge < -0.3 is 15.0 Å². The molecule has 0 radical (unpaired) electrons. The van der Waals surface area contributed by atoms with Gasteiger partial charge in [-0.15, -0.1) is 0 Å². The summed E-state index contributed by atoms with van der Waals surface area (Å²) in [4.78, 5) is 32.0. The standard InChI is InChI=1S/C17H23ClN4O3/c1-21(2)16(23)5-15-9-22-8-13(4-14(22)10-25-15)20-17(24)11-3-12(18)7-19-6-11/h3,6-7,13-15H,4-5,8-10H2,1-2H3,(H,20,24)/t13-,14+,15+/m1/s1. The third-order valence-corrected chi connectivity index (χ3v) is 4.90. The number of halogens is 1. The lowest BCUT2D eigenvalue weighted by Gasteiger charge is -2.35. The van der Waals surface area contributed by atoms with Crippen LogP contribution in [-0.2, 0) is 9.53 Å². The van der Waals surface area contributed by atoms with Crippen LogP contribution in [0.25, 0.3) is 0 Å². The van der Waals surface area contributed by atoms with Gasteiger partial charge in [-0.1, -0.05) is 11.6 Å². The number of amides is 2. The molecule has 2 saturated heterocycles. The smallest absolute Gasteiger partial charge is 0.253 e. The van der Waals surface area contributed by atoms with Crippen LogP contribution in [0.3, 0.4) is 0 Å². The largest absolute Gasteiger partial charge is 0.375 e. The molecule has 0 aromatic carbocycles. The summed E-state index contributed by atoms with van der Waals surface area (Å²) in [7, 11) is 3.50. The van der Waals surface area contributed by atoms with E-state index in [1.807, 2.05) is 0 Å². The maximum atomic E-state index is 12.3. The van der Waals surface area contributed by atoms with E-state index in [2.05, 4.69) is 15.2 Å². The van der Waals surface area contributed by atoms with E-state index < -0.39 is 0 Å².